The van der Waals surface area contributed by atoms with Gasteiger partial charge in [0, 0.05) is 6.54 Å². The first-order valence-electron chi connectivity index (χ1n) is 6.64. The molecular formula is C14H17FN2O3. The van der Waals surface area contributed by atoms with Gasteiger partial charge in [-0.25, -0.2) is 14.0 Å². The van der Waals surface area contributed by atoms with Crippen LogP contribution in [0.2, 0.25) is 0 Å². The van der Waals surface area contributed by atoms with Crippen molar-refractivity contribution in [1.29, 1.82) is 0 Å². The number of carboxylic acid groups (broad SMARTS) is 1. The van der Waals surface area contributed by atoms with Gasteiger partial charge in [-0.1, -0.05) is 12.8 Å². The maximum Gasteiger partial charge on any atom is 0.337 e. The number of urea groups is 1. The van der Waals surface area contributed by atoms with E-state index < -0.39 is 17.8 Å². The Hall–Kier alpha value is -2.11. The van der Waals surface area contributed by atoms with E-state index in [-0.39, 0.29) is 11.3 Å². The normalized spacial score (nSPS) is 13.8. The number of rotatable bonds is 6. The molecule has 6 heteroatoms. The van der Waals surface area contributed by atoms with E-state index >= 15 is 0 Å². The van der Waals surface area contributed by atoms with Crippen LogP contribution in [0.3, 0.4) is 0 Å². The smallest absolute Gasteiger partial charge is 0.337 e. The minimum absolute atomic E-state index is 0.0443. The lowest BCUT2D eigenvalue weighted by atomic mass is 10.2. The van der Waals surface area contributed by atoms with Gasteiger partial charge >= 0.3 is 12.0 Å². The summed E-state index contributed by atoms with van der Waals surface area (Å²) in [5, 5.41) is 14.0. The van der Waals surface area contributed by atoms with Gasteiger partial charge in [0.1, 0.15) is 5.82 Å². The number of carbonyl (C=O) groups is 2. The van der Waals surface area contributed by atoms with E-state index in [0.29, 0.717) is 6.54 Å². The molecule has 1 aliphatic rings. The predicted molar refractivity (Wildman–Crippen MR) is 72.3 cm³/mol. The molecule has 108 valence electrons. The Labute approximate surface area is 116 Å². The second-order valence-electron chi connectivity index (χ2n) is 4.96. The van der Waals surface area contributed by atoms with E-state index in [4.69, 9.17) is 5.11 Å². The maximum absolute atomic E-state index is 13.1. The van der Waals surface area contributed by atoms with Crippen LogP contribution < -0.4 is 10.6 Å². The molecule has 0 heterocycles. The SMILES string of the molecule is O=C(NCCCC1CC1)Nc1cc(F)ccc1C(=O)O. The van der Waals surface area contributed by atoms with E-state index in [0.717, 1.165) is 37.0 Å². The van der Waals surface area contributed by atoms with Crippen molar-refractivity contribution in [2.45, 2.75) is 25.7 Å². The third-order valence-electron chi connectivity index (χ3n) is 3.23. The highest BCUT2D eigenvalue weighted by Crippen LogP contribution is 2.33. The zero-order chi connectivity index (χ0) is 14.5. The first-order chi connectivity index (χ1) is 9.56. The highest BCUT2D eigenvalue weighted by atomic mass is 19.1. The van der Waals surface area contributed by atoms with Gasteiger partial charge < -0.3 is 15.7 Å². The number of carbonyl (C=O) groups excluding carboxylic acids is 1. The summed E-state index contributed by atoms with van der Waals surface area (Å²) in [4.78, 5) is 22.6. The average Bonchev–Trinajstić information content (AvgIpc) is 3.18. The van der Waals surface area contributed by atoms with Crippen molar-refractivity contribution in [3.05, 3.63) is 29.6 Å². The molecule has 0 bridgehead atoms. The van der Waals surface area contributed by atoms with Crippen molar-refractivity contribution in [1.82, 2.24) is 5.32 Å². The van der Waals surface area contributed by atoms with E-state index in [9.17, 15) is 14.0 Å². The van der Waals surface area contributed by atoms with E-state index in [1.165, 1.54) is 12.8 Å². The largest absolute Gasteiger partial charge is 0.478 e. The van der Waals surface area contributed by atoms with Gasteiger partial charge in [-0.2, -0.15) is 0 Å². The van der Waals surface area contributed by atoms with Crippen molar-refractivity contribution in [2.75, 3.05) is 11.9 Å². The zero-order valence-electron chi connectivity index (χ0n) is 11.0. The van der Waals surface area contributed by atoms with Gasteiger partial charge in [0.2, 0.25) is 0 Å². The number of nitrogens with one attached hydrogen (secondary N) is 2. The lowest BCUT2D eigenvalue weighted by Gasteiger charge is -2.10. The molecule has 0 spiro atoms. The van der Waals surface area contributed by atoms with Crippen LogP contribution in [0.25, 0.3) is 0 Å². The third kappa shape index (κ3) is 4.22. The number of hydrogen-bond acceptors (Lipinski definition) is 2. The molecule has 2 amide bonds. The quantitative estimate of drug-likeness (QED) is 0.701. The zero-order valence-corrected chi connectivity index (χ0v) is 11.0. The second kappa shape index (κ2) is 6.36. The van der Waals surface area contributed by atoms with Gasteiger partial charge in [0.25, 0.3) is 0 Å². The van der Waals surface area contributed by atoms with Crippen molar-refractivity contribution < 1.29 is 19.1 Å². The van der Waals surface area contributed by atoms with E-state index in [2.05, 4.69) is 10.6 Å². The van der Waals surface area contributed by atoms with Crippen LogP contribution in [0.4, 0.5) is 14.9 Å². The molecule has 1 aromatic rings. The number of aromatic carboxylic acids is 1. The summed E-state index contributed by atoms with van der Waals surface area (Å²) in [5.41, 5.74) is -0.184. The molecule has 1 aromatic carbocycles. The molecule has 1 fully saturated rings. The fourth-order valence-corrected chi connectivity index (χ4v) is 1.97. The summed E-state index contributed by atoms with van der Waals surface area (Å²) in [6.45, 7) is 0.528. The Morgan fingerprint density at radius 3 is 2.75 bits per heavy atom. The number of anilines is 1. The number of carboxylic acids is 1. The molecule has 3 N–H and O–H groups in total. The third-order valence-corrected chi connectivity index (χ3v) is 3.23. The molecule has 0 saturated heterocycles. The lowest BCUT2D eigenvalue weighted by Crippen LogP contribution is -2.30. The topological polar surface area (TPSA) is 78.4 Å². The standard InChI is InChI=1S/C14H17FN2O3/c15-10-5-6-11(13(18)19)12(8-10)17-14(20)16-7-1-2-9-3-4-9/h5-6,8-9H,1-4,7H2,(H,18,19)(H2,16,17,20). The van der Waals surface area contributed by atoms with Crippen LogP contribution in [-0.2, 0) is 0 Å². The number of hydrogen-bond donors (Lipinski definition) is 3. The minimum Gasteiger partial charge on any atom is -0.478 e. The number of halogens is 1. The van der Waals surface area contributed by atoms with Crippen LogP contribution in [0.15, 0.2) is 18.2 Å². The highest BCUT2D eigenvalue weighted by Gasteiger charge is 2.20. The van der Waals surface area contributed by atoms with Crippen LogP contribution in [-0.4, -0.2) is 23.7 Å². The first-order valence-corrected chi connectivity index (χ1v) is 6.64. The summed E-state index contributed by atoms with van der Waals surface area (Å²) in [6, 6.07) is 2.64. The van der Waals surface area contributed by atoms with Crippen LogP contribution >= 0.6 is 0 Å². The molecule has 1 aliphatic carbocycles. The molecule has 0 aliphatic heterocycles. The Morgan fingerprint density at radius 2 is 2.10 bits per heavy atom. The monoisotopic (exact) mass is 280 g/mol. The molecule has 20 heavy (non-hydrogen) atoms. The second-order valence-corrected chi connectivity index (χ2v) is 4.96. The van der Waals surface area contributed by atoms with Gasteiger partial charge in [-0.15, -0.1) is 0 Å². The predicted octanol–water partition coefficient (Wildman–Crippen LogP) is 2.84. The first kappa shape index (κ1) is 14.3. The number of amides is 2. The summed E-state index contributed by atoms with van der Waals surface area (Å²) >= 11 is 0. The summed E-state index contributed by atoms with van der Waals surface area (Å²) < 4.78 is 13.1. The summed E-state index contributed by atoms with van der Waals surface area (Å²) in [5.74, 6) is -1.00. The van der Waals surface area contributed by atoms with Gasteiger partial charge in [0.15, 0.2) is 0 Å². The van der Waals surface area contributed by atoms with E-state index in [1.807, 2.05) is 0 Å². The fraction of sp³-hybridized carbons (Fsp3) is 0.429. The minimum atomic E-state index is -1.21. The fourth-order valence-electron chi connectivity index (χ4n) is 1.97. The Balaban J connectivity index is 1.85. The molecule has 0 aromatic heterocycles. The van der Waals surface area contributed by atoms with Gasteiger partial charge in [-0.3, -0.25) is 0 Å². The van der Waals surface area contributed by atoms with Crippen LogP contribution in [0.5, 0.6) is 0 Å². The molecule has 0 radical (unpaired) electrons. The average molecular weight is 280 g/mol. The molecule has 2 rings (SSSR count). The Morgan fingerprint density at radius 1 is 1.35 bits per heavy atom. The Kier molecular flexibility index (Phi) is 4.55. The van der Waals surface area contributed by atoms with Gasteiger partial charge in [-0.05, 0) is 37.0 Å². The van der Waals surface area contributed by atoms with Crippen molar-refractivity contribution in [3.8, 4) is 0 Å². The molecule has 1 saturated carbocycles. The maximum atomic E-state index is 13.1. The van der Waals surface area contributed by atoms with Crippen LogP contribution in [0.1, 0.15) is 36.0 Å². The van der Waals surface area contributed by atoms with E-state index in [1.54, 1.807) is 0 Å². The number of benzene rings is 1. The molecule has 0 atom stereocenters. The van der Waals surface area contributed by atoms with Crippen molar-refractivity contribution >= 4 is 17.7 Å². The van der Waals surface area contributed by atoms with Crippen molar-refractivity contribution in [2.24, 2.45) is 5.92 Å². The summed E-state index contributed by atoms with van der Waals surface area (Å²) in [7, 11) is 0. The van der Waals surface area contributed by atoms with Crippen molar-refractivity contribution in [3.63, 3.8) is 0 Å². The van der Waals surface area contributed by atoms with Crippen LogP contribution in [0, 0.1) is 11.7 Å². The summed E-state index contributed by atoms with van der Waals surface area (Å²) in [6.07, 6.45) is 4.54. The Bertz CT molecular complexity index is 515. The van der Waals surface area contributed by atoms with Gasteiger partial charge in [0.05, 0.1) is 11.3 Å². The molecular weight excluding hydrogens is 263 g/mol. The highest BCUT2D eigenvalue weighted by molar-refractivity contribution is 5.99. The molecule has 5 nitrogen and oxygen atoms in total. The lowest BCUT2D eigenvalue weighted by molar-refractivity contribution is 0.0698. The molecule has 0 unspecified atom stereocenters.